The summed E-state index contributed by atoms with van der Waals surface area (Å²) >= 11 is 0. The van der Waals surface area contributed by atoms with Gasteiger partial charge in [0.1, 0.15) is 11.5 Å². The molecule has 3 heteroatoms. The minimum absolute atomic E-state index is 0.544. The Morgan fingerprint density at radius 1 is 1.17 bits per heavy atom. The van der Waals surface area contributed by atoms with Gasteiger partial charge < -0.3 is 9.47 Å². The van der Waals surface area contributed by atoms with Crippen LogP contribution in [0, 0.1) is 0 Å². The molecule has 1 aromatic carbocycles. The molecule has 0 saturated carbocycles. The number of unbranched alkanes of at least 4 members (excludes halogenated alkanes) is 4. The highest BCUT2D eigenvalue weighted by molar-refractivity contribution is 5.80. The molecule has 0 bridgehead atoms. The van der Waals surface area contributed by atoms with Crippen molar-refractivity contribution in [2.24, 2.45) is 0 Å². The molecule has 3 nitrogen and oxygen atoms in total. The number of benzene rings is 1. The van der Waals surface area contributed by atoms with E-state index in [4.69, 9.17) is 9.47 Å². The summed E-state index contributed by atoms with van der Waals surface area (Å²) in [7, 11) is 1.58. The first-order valence-electron chi connectivity index (χ1n) is 6.57. The zero-order chi connectivity index (χ0) is 13.2. The second-order valence-electron chi connectivity index (χ2n) is 4.28. The summed E-state index contributed by atoms with van der Waals surface area (Å²) in [4.78, 5) is 10.9. The van der Waals surface area contributed by atoms with Crippen LogP contribution in [0.2, 0.25) is 0 Å². The zero-order valence-electron chi connectivity index (χ0n) is 11.3. The van der Waals surface area contributed by atoms with Gasteiger partial charge in [-0.15, -0.1) is 0 Å². The average Bonchev–Trinajstić information content (AvgIpc) is 2.42. The van der Waals surface area contributed by atoms with Crippen LogP contribution in [0.1, 0.15) is 49.4 Å². The standard InChI is InChI=1S/C15H22O3/c1-3-4-5-6-7-10-18-15-9-8-14(17-2)11-13(15)12-16/h8-9,11-12H,3-7,10H2,1-2H3. The van der Waals surface area contributed by atoms with Gasteiger partial charge >= 0.3 is 0 Å². The van der Waals surface area contributed by atoms with E-state index in [1.807, 2.05) is 0 Å². The summed E-state index contributed by atoms with van der Waals surface area (Å²) in [6, 6.07) is 5.29. The number of aldehydes is 1. The van der Waals surface area contributed by atoms with Crippen molar-refractivity contribution in [1.29, 1.82) is 0 Å². The van der Waals surface area contributed by atoms with Crippen LogP contribution in [0.4, 0.5) is 0 Å². The van der Waals surface area contributed by atoms with E-state index < -0.39 is 0 Å². The van der Waals surface area contributed by atoms with E-state index in [1.165, 1.54) is 25.7 Å². The van der Waals surface area contributed by atoms with Crippen molar-refractivity contribution in [1.82, 2.24) is 0 Å². The number of methoxy groups -OCH3 is 1. The van der Waals surface area contributed by atoms with Gasteiger partial charge in [-0.1, -0.05) is 32.6 Å². The summed E-state index contributed by atoms with van der Waals surface area (Å²) in [5.41, 5.74) is 0.544. The summed E-state index contributed by atoms with van der Waals surface area (Å²) in [5, 5.41) is 0. The van der Waals surface area contributed by atoms with E-state index in [-0.39, 0.29) is 0 Å². The number of ether oxygens (including phenoxy) is 2. The van der Waals surface area contributed by atoms with Crippen LogP contribution in [0.3, 0.4) is 0 Å². The molecule has 0 aliphatic rings. The average molecular weight is 250 g/mol. The van der Waals surface area contributed by atoms with Gasteiger partial charge in [-0.3, -0.25) is 4.79 Å². The Bertz CT molecular complexity index is 361. The van der Waals surface area contributed by atoms with Gasteiger partial charge in [-0.25, -0.2) is 0 Å². The van der Waals surface area contributed by atoms with Crippen molar-refractivity contribution in [2.45, 2.75) is 39.0 Å². The lowest BCUT2D eigenvalue weighted by atomic mass is 10.1. The van der Waals surface area contributed by atoms with Crippen molar-refractivity contribution in [2.75, 3.05) is 13.7 Å². The molecule has 0 amide bonds. The molecule has 18 heavy (non-hydrogen) atoms. The smallest absolute Gasteiger partial charge is 0.153 e. The predicted octanol–water partition coefficient (Wildman–Crippen LogP) is 3.86. The molecule has 0 radical (unpaired) electrons. The second-order valence-corrected chi connectivity index (χ2v) is 4.28. The number of carbonyl (C=O) groups excluding carboxylic acids is 1. The quantitative estimate of drug-likeness (QED) is 0.493. The predicted molar refractivity (Wildman–Crippen MR) is 72.6 cm³/mol. The van der Waals surface area contributed by atoms with Gasteiger partial charge in [-0.2, -0.15) is 0 Å². The third-order valence-corrected chi connectivity index (χ3v) is 2.85. The summed E-state index contributed by atoms with van der Waals surface area (Å²) < 4.78 is 10.7. The molecule has 0 unspecified atom stereocenters. The van der Waals surface area contributed by atoms with Crippen LogP contribution in [-0.2, 0) is 0 Å². The number of rotatable bonds is 9. The van der Waals surface area contributed by atoms with Crippen LogP contribution in [0.15, 0.2) is 18.2 Å². The number of carbonyl (C=O) groups is 1. The van der Waals surface area contributed by atoms with Gasteiger partial charge in [-0.05, 0) is 24.6 Å². The lowest BCUT2D eigenvalue weighted by molar-refractivity contribution is 0.111. The summed E-state index contributed by atoms with van der Waals surface area (Å²) in [5.74, 6) is 1.31. The Morgan fingerprint density at radius 2 is 1.94 bits per heavy atom. The van der Waals surface area contributed by atoms with Gasteiger partial charge in [0.15, 0.2) is 6.29 Å². The van der Waals surface area contributed by atoms with Gasteiger partial charge in [0.2, 0.25) is 0 Å². The van der Waals surface area contributed by atoms with Crippen molar-refractivity contribution in [3.8, 4) is 11.5 Å². The minimum Gasteiger partial charge on any atom is -0.497 e. The maximum Gasteiger partial charge on any atom is 0.153 e. The van der Waals surface area contributed by atoms with Crippen LogP contribution in [0.5, 0.6) is 11.5 Å². The van der Waals surface area contributed by atoms with Crippen molar-refractivity contribution >= 4 is 6.29 Å². The topological polar surface area (TPSA) is 35.5 Å². The molecule has 0 heterocycles. The molecular formula is C15H22O3. The Morgan fingerprint density at radius 3 is 2.61 bits per heavy atom. The van der Waals surface area contributed by atoms with Crippen molar-refractivity contribution in [3.63, 3.8) is 0 Å². The normalized spacial score (nSPS) is 10.1. The molecule has 0 fully saturated rings. The highest BCUT2D eigenvalue weighted by Gasteiger charge is 2.04. The maximum atomic E-state index is 10.9. The first-order valence-corrected chi connectivity index (χ1v) is 6.57. The molecule has 0 aliphatic carbocycles. The molecular weight excluding hydrogens is 228 g/mol. The summed E-state index contributed by atoms with van der Waals surface area (Å²) in [6.45, 7) is 2.86. The molecule has 1 aromatic rings. The highest BCUT2D eigenvalue weighted by atomic mass is 16.5. The monoisotopic (exact) mass is 250 g/mol. The fourth-order valence-corrected chi connectivity index (χ4v) is 1.76. The number of hydrogen-bond acceptors (Lipinski definition) is 3. The minimum atomic E-state index is 0.544. The van der Waals surface area contributed by atoms with E-state index in [9.17, 15) is 4.79 Å². The third kappa shape index (κ3) is 4.78. The van der Waals surface area contributed by atoms with Crippen LogP contribution in [-0.4, -0.2) is 20.0 Å². The molecule has 0 N–H and O–H groups in total. The van der Waals surface area contributed by atoms with Crippen LogP contribution in [0.25, 0.3) is 0 Å². The Balaban J connectivity index is 2.39. The Kier molecular flexibility index (Phi) is 6.92. The first-order chi connectivity index (χ1) is 8.81. The third-order valence-electron chi connectivity index (χ3n) is 2.85. The highest BCUT2D eigenvalue weighted by Crippen LogP contribution is 2.22. The van der Waals surface area contributed by atoms with Crippen molar-refractivity contribution < 1.29 is 14.3 Å². The van der Waals surface area contributed by atoms with E-state index in [0.29, 0.717) is 23.7 Å². The summed E-state index contributed by atoms with van der Waals surface area (Å²) in [6.07, 6.45) is 6.79. The lowest BCUT2D eigenvalue weighted by Crippen LogP contribution is -2.00. The largest absolute Gasteiger partial charge is 0.497 e. The molecule has 0 spiro atoms. The lowest BCUT2D eigenvalue weighted by Gasteiger charge is -2.09. The molecule has 1 rings (SSSR count). The van der Waals surface area contributed by atoms with E-state index in [0.717, 1.165) is 12.7 Å². The molecule has 0 atom stereocenters. The second kappa shape index (κ2) is 8.56. The van der Waals surface area contributed by atoms with Gasteiger partial charge in [0, 0.05) is 0 Å². The van der Waals surface area contributed by atoms with E-state index in [2.05, 4.69) is 6.92 Å². The molecule has 0 aromatic heterocycles. The Hall–Kier alpha value is -1.51. The fourth-order valence-electron chi connectivity index (χ4n) is 1.76. The maximum absolute atomic E-state index is 10.9. The van der Waals surface area contributed by atoms with E-state index >= 15 is 0 Å². The Labute approximate surface area is 109 Å². The van der Waals surface area contributed by atoms with Gasteiger partial charge in [0.05, 0.1) is 19.3 Å². The first kappa shape index (κ1) is 14.6. The van der Waals surface area contributed by atoms with Crippen molar-refractivity contribution in [3.05, 3.63) is 23.8 Å². The van der Waals surface area contributed by atoms with Crippen LogP contribution >= 0.6 is 0 Å². The molecule has 100 valence electrons. The zero-order valence-corrected chi connectivity index (χ0v) is 11.3. The van der Waals surface area contributed by atoms with Crippen LogP contribution < -0.4 is 9.47 Å². The molecule has 0 aliphatic heterocycles. The number of hydrogen-bond donors (Lipinski definition) is 0. The SMILES string of the molecule is CCCCCCCOc1ccc(OC)cc1C=O. The fraction of sp³-hybridized carbons (Fsp3) is 0.533. The van der Waals surface area contributed by atoms with E-state index in [1.54, 1.807) is 25.3 Å². The van der Waals surface area contributed by atoms with Gasteiger partial charge in [0.25, 0.3) is 0 Å². The molecule has 0 saturated heterocycles.